The van der Waals surface area contributed by atoms with Crippen LogP contribution in [-0.2, 0) is 9.59 Å². The number of rotatable bonds is 4. The molecule has 1 aromatic heterocycles. The first-order chi connectivity index (χ1) is 15.6. The molecule has 2 N–H and O–H groups in total. The summed E-state index contributed by atoms with van der Waals surface area (Å²) in [6.07, 6.45) is 1.25. The molecule has 33 heavy (non-hydrogen) atoms. The summed E-state index contributed by atoms with van der Waals surface area (Å²) in [5, 5.41) is 11.3. The molecule has 0 unspecified atom stereocenters. The standard InChI is InChI=1S/C24H17ClN2O6/c1-12-7-13(2)9-15(8-12)27-22(29)18(21(28)26-24(27)32)11-16-4-6-20(33-16)14-3-5-17(23(30)31)19(25)10-14/h3-11H,1-2H3,(H,30,31)(H,26,28,32)/b18-11-. The number of aryl methyl sites for hydroxylation is 2. The molecular formula is C24H17ClN2O6. The summed E-state index contributed by atoms with van der Waals surface area (Å²) in [5.74, 6) is -2.22. The van der Waals surface area contributed by atoms with Crippen LogP contribution in [0.3, 0.4) is 0 Å². The molecule has 3 aromatic rings. The van der Waals surface area contributed by atoms with Gasteiger partial charge in [-0.25, -0.2) is 14.5 Å². The van der Waals surface area contributed by atoms with Crippen LogP contribution in [0, 0.1) is 13.8 Å². The van der Waals surface area contributed by atoms with Crippen LogP contribution in [0.25, 0.3) is 17.4 Å². The monoisotopic (exact) mass is 464 g/mol. The maximum atomic E-state index is 13.1. The molecule has 9 heteroatoms. The van der Waals surface area contributed by atoms with E-state index in [9.17, 15) is 19.2 Å². The van der Waals surface area contributed by atoms with Gasteiger partial charge in [-0.1, -0.05) is 23.7 Å². The van der Waals surface area contributed by atoms with Gasteiger partial charge in [-0.2, -0.15) is 0 Å². The van der Waals surface area contributed by atoms with Gasteiger partial charge in [0, 0.05) is 5.56 Å². The van der Waals surface area contributed by atoms with Gasteiger partial charge in [0.05, 0.1) is 16.3 Å². The fraction of sp³-hybridized carbons (Fsp3) is 0.0833. The molecule has 1 fully saturated rings. The number of anilines is 1. The Hall–Kier alpha value is -4.17. The molecule has 4 amide bonds. The first kappa shape index (κ1) is 22.0. The number of hydrogen-bond donors (Lipinski definition) is 2. The minimum absolute atomic E-state index is 0.0424. The van der Waals surface area contributed by atoms with Crippen molar-refractivity contribution >= 4 is 47.2 Å². The van der Waals surface area contributed by atoms with Gasteiger partial charge in [0.15, 0.2) is 0 Å². The number of barbiturate groups is 1. The number of carboxylic acid groups (broad SMARTS) is 1. The Morgan fingerprint density at radius 3 is 2.36 bits per heavy atom. The molecule has 1 saturated heterocycles. The smallest absolute Gasteiger partial charge is 0.337 e. The van der Waals surface area contributed by atoms with Crippen molar-refractivity contribution in [1.82, 2.24) is 5.32 Å². The van der Waals surface area contributed by atoms with E-state index in [-0.39, 0.29) is 21.9 Å². The van der Waals surface area contributed by atoms with E-state index in [1.165, 1.54) is 24.3 Å². The zero-order valence-electron chi connectivity index (χ0n) is 17.5. The second-order valence-electron chi connectivity index (χ2n) is 7.51. The Bertz CT molecular complexity index is 1350. The van der Waals surface area contributed by atoms with Crippen molar-refractivity contribution in [3.8, 4) is 11.3 Å². The highest BCUT2D eigenvalue weighted by atomic mass is 35.5. The molecular weight excluding hydrogens is 448 g/mol. The summed E-state index contributed by atoms with van der Waals surface area (Å²) < 4.78 is 5.71. The van der Waals surface area contributed by atoms with Crippen LogP contribution in [0.15, 0.2) is 58.5 Å². The zero-order chi connectivity index (χ0) is 23.9. The molecule has 0 saturated carbocycles. The average Bonchev–Trinajstić information content (AvgIpc) is 3.18. The van der Waals surface area contributed by atoms with Gasteiger partial charge >= 0.3 is 12.0 Å². The quantitative estimate of drug-likeness (QED) is 0.431. The fourth-order valence-electron chi connectivity index (χ4n) is 3.54. The minimum atomic E-state index is -1.15. The SMILES string of the molecule is Cc1cc(C)cc(N2C(=O)NC(=O)/C(=C/c3ccc(-c4ccc(C(=O)O)c(Cl)c4)o3)C2=O)c1. The van der Waals surface area contributed by atoms with Crippen molar-refractivity contribution < 1.29 is 28.7 Å². The van der Waals surface area contributed by atoms with E-state index in [4.69, 9.17) is 21.1 Å². The molecule has 4 rings (SSSR count). The summed E-state index contributed by atoms with van der Waals surface area (Å²) in [7, 11) is 0. The Labute approximate surface area is 193 Å². The molecule has 2 aromatic carbocycles. The molecule has 0 spiro atoms. The van der Waals surface area contributed by atoms with Crippen molar-refractivity contribution in [1.29, 1.82) is 0 Å². The number of nitrogens with one attached hydrogen (secondary N) is 1. The number of hydrogen-bond acceptors (Lipinski definition) is 5. The number of halogens is 1. The fourth-order valence-corrected chi connectivity index (χ4v) is 3.80. The minimum Gasteiger partial charge on any atom is -0.478 e. The van der Waals surface area contributed by atoms with E-state index in [1.807, 2.05) is 19.9 Å². The first-order valence-corrected chi connectivity index (χ1v) is 10.1. The predicted octanol–water partition coefficient (Wildman–Crippen LogP) is 4.58. The summed E-state index contributed by atoms with van der Waals surface area (Å²) in [6.45, 7) is 3.68. The highest BCUT2D eigenvalue weighted by Gasteiger charge is 2.37. The Morgan fingerprint density at radius 1 is 1.03 bits per heavy atom. The number of aromatic carboxylic acids is 1. The molecule has 2 heterocycles. The largest absolute Gasteiger partial charge is 0.478 e. The van der Waals surface area contributed by atoms with Crippen LogP contribution in [0.1, 0.15) is 27.2 Å². The second-order valence-corrected chi connectivity index (χ2v) is 7.91. The summed E-state index contributed by atoms with van der Waals surface area (Å²) >= 11 is 6.02. The molecule has 0 bridgehead atoms. The number of carbonyl (C=O) groups is 4. The maximum Gasteiger partial charge on any atom is 0.337 e. The van der Waals surface area contributed by atoms with Gasteiger partial charge in [-0.15, -0.1) is 0 Å². The molecule has 0 atom stereocenters. The van der Waals surface area contributed by atoms with E-state index < -0.39 is 23.8 Å². The number of urea groups is 1. The average molecular weight is 465 g/mol. The van der Waals surface area contributed by atoms with E-state index in [1.54, 1.807) is 24.3 Å². The Kier molecular flexibility index (Phi) is 5.61. The Morgan fingerprint density at radius 2 is 1.73 bits per heavy atom. The first-order valence-electron chi connectivity index (χ1n) is 9.77. The lowest BCUT2D eigenvalue weighted by Crippen LogP contribution is -2.54. The predicted molar refractivity (Wildman–Crippen MR) is 121 cm³/mol. The van der Waals surface area contributed by atoms with E-state index in [0.717, 1.165) is 16.0 Å². The third kappa shape index (κ3) is 4.28. The van der Waals surface area contributed by atoms with Crippen molar-refractivity contribution in [2.24, 2.45) is 0 Å². The van der Waals surface area contributed by atoms with Crippen molar-refractivity contribution in [2.45, 2.75) is 13.8 Å². The topological polar surface area (TPSA) is 117 Å². The third-order valence-corrected chi connectivity index (χ3v) is 5.28. The normalized spacial score (nSPS) is 15.2. The summed E-state index contributed by atoms with van der Waals surface area (Å²) in [6, 6.07) is 11.9. The van der Waals surface area contributed by atoms with Crippen LogP contribution in [0.2, 0.25) is 5.02 Å². The van der Waals surface area contributed by atoms with Gasteiger partial charge in [-0.3, -0.25) is 14.9 Å². The van der Waals surface area contributed by atoms with Crippen LogP contribution >= 0.6 is 11.6 Å². The molecule has 0 radical (unpaired) electrons. The number of nitrogens with zero attached hydrogens (tertiary/aromatic N) is 1. The van der Waals surface area contributed by atoms with Crippen LogP contribution in [0.5, 0.6) is 0 Å². The van der Waals surface area contributed by atoms with Crippen LogP contribution < -0.4 is 10.2 Å². The molecule has 0 aliphatic carbocycles. The lowest BCUT2D eigenvalue weighted by molar-refractivity contribution is -0.122. The molecule has 166 valence electrons. The molecule has 8 nitrogen and oxygen atoms in total. The second kappa shape index (κ2) is 8.40. The Balaban J connectivity index is 1.67. The van der Waals surface area contributed by atoms with Crippen LogP contribution in [0.4, 0.5) is 10.5 Å². The van der Waals surface area contributed by atoms with Gasteiger partial charge < -0.3 is 9.52 Å². The number of carbonyl (C=O) groups excluding carboxylic acids is 3. The van der Waals surface area contributed by atoms with Gasteiger partial charge in [0.1, 0.15) is 17.1 Å². The van der Waals surface area contributed by atoms with Gasteiger partial charge in [0.25, 0.3) is 11.8 Å². The van der Waals surface area contributed by atoms with E-state index in [2.05, 4.69) is 5.32 Å². The van der Waals surface area contributed by atoms with Crippen LogP contribution in [-0.4, -0.2) is 28.9 Å². The summed E-state index contributed by atoms with van der Waals surface area (Å²) in [4.78, 5) is 49.9. The van der Waals surface area contributed by atoms with Gasteiger partial charge in [0.2, 0.25) is 0 Å². The maximum absolute atomic E-state index is 13.1. The van der Waals surface area contributed by atoms with E-state index >= 15 is 0 Å². The number of amides is 4. The lowest BCUT2D eigenvalue weighted by atomic mass is 10.1. The van der Waals surface area contributed by atoms with E-state index in [0.29, 0.717) is 17.0 Å². The van der Waals surface area contributed by atoms with Crippen molar-refractivity contribution in [3.63, 3.8) is 0 Å². The molecule has 1 aliphatic rings. The highest BCUT2D eigenvalue weighted by Crippen LogP contribution is 2.29. The number of carboxylic acids is 1. The number of imide groups is 2. The molecule has 1 aliphatic heterocycles. The highest BCUT2D eigenvalue weighted by molar-refractivity contribution is 6.39. The summed E-state index contributed by atoms with van der Waals surface area (Å²) in [5.41, 5.74) is 2.26. The lowest BCUT2D eigenvalue weighted by Gasteiger charge is -2.26. The van der Waals surface area contributed by atoms with Crippen molar-refractivity contribution in [2.75, 3.05) is 4.90 Å². The van der Waals surface area contributed by atoms with Crippen molar-refractivity contribution in [3.05, 3.63) is 81.6 Å². The number of benzene rings is 2. The third-order valence-electron chi connectivity index (χ3n) is 4.96. The zero-order valence-corrected chi connectivity index (χ0v) is 18.3. The van der Waals surface area contributed by atoms with Gasteiger partial charge in [-0.05, 0) is 67.4 Å². The number of furan rings is 1.